The third-order valence-electron chi connectivity index (χ3n) is 7.81. The van der Waals surface area contributed by atoms with Crippen LogP contribution in [-0.4, -0.2) is 45.2 Å². The predicted molar refractivity (Wildman–Crippen MR) is 137 cm³/mol. The number of rotatable bonds is 1. The Hall–Kier alpha value is -3.00. The highest BCUT2D eigenvalue weighted by Crippen LogP contribution is 2.61. The zero-order chi connectivity index (χ0) is 26.3. The number of amides is 1. The van der Waals surface area contributed by atoms with Crippen molar-refractivity contribution in [2.75, 3.05) is 13.1 Å². The van der Waals surface area contributed by atoms with Crippen LogP contribution in [0.25, 0.3) is 16.6 Å². The fourth-order valence-electron chi connectivity index (χ4n) is 6.21. The molecule has 0 bridgehead atoms. The molecule has 37 heavy (non-hydrogen) atoms. The summed E-state index contributed by atoms with van der Waals surface area (Å²) in [4.78, 5) is 31.5. The molecule has 1 amide bonds. The number of carbonyl (C=O) groups excluding carboxylic acids is 1. The average Bonchev–Trinajstić information content (AvgIpc) is 3.07. The molecule has 3 aliphatic rings. The lowest BCUT2D eigenvalue weighted by molar-refractivity contribution is -0.114. The topological polar surface area (TPSA) is 64.4 Å². The number of ether oxygens (including phenoxy) is 1. The number of hydrogen-bond acceptors (Lipinski definition) is 4. The van der Waals surface area contributed by atoms with Crippen LogP contribution >= 0.6 is 11.6 Å². The smallest absolute Gasteiger partial charge is 0.410 e. The summed E-state index contributed by atoms with van der Waals surface area (Å²) in [5, 5.41) is 0.579. The lowest BCUT2D eigenvalue weighted by atomic mass is 9.62. The summed E-state index contributed by atoms with van der Waals surface area (Å²) >= 11 is 6.37. The Kier molecular flexibility index (Phi) is 5.26. The zero-order valence-corrected chi connectivity index (χ0v) is 21.7. The number of likely N-dealkylation sites (tertiary alicyclic amines) is 1. The number of carbonyl (C=O) groups is 1. The van der Waals surface area contributed by atoms with Crippen LogP contribution in [0.3, 0.4) is 0 Å². The van der Waals surface area contributed by atoms with Crippen LogP contribution in [0.4, 0.5) is 13.6 Å². The first kappa shape index (κ1) is 24.3. The van der Waals surface area contributed by atoms with E-state index in [-0.39, 0.29) is 35.3 Å². The van der Waals surface area contributed by atoms with Crippen molar-refractivity contribution in [1.29, 1.82) is 0 Å². The number of nitrogens with zero attached hydrogens (tertiary/aromatic N) is 3. The minimum Gasteiger partial charge on any atom is -0.444 e. The SMILES string of the molecule is CC(C)(C)OC(=O)N1CCC(c2ccc3c(c2)-n2c(nc(=O)c4c(Cl)cccc42)C32CC(F)(F)C2)CC1. The molecular weight excluding hydrogens is 500 g/mol. The maximum atomic E-state index is 14.3. The molecular formula is C28H28ClF2N3O3. The second kappa shape index (κ2) is 8.00. The molecule has 1 spiro atoms. The van der Waals surface area contributed by atoms with Crippen molar-refractivity contribution in [1.82, 2.24) is 14.5 Å². The van der Waals surface area contributed by atoms with Gasteiger partial charge in [0.15, 0.2) is 0 Å². The first-order chi connectivity index (χ1) is 17.4. The van der Waals surface area contributed by atoms with Gasteiger partial charge in [-0.3, -0.25) is 9.36 Å². The number of piperidine rings is 1. The van der Waals surface area contributed by atoms with Crippen molar-refractivity contribution in [3.05, 3.63) is 68.7 Å². The maximum absolute atomic E-state index is 14.3. The van der Waals surface area contributed by atoms with Gasteiger partial charge in [-0.2, -0.15) is 4.98 Å². The molecule has 1 aliphatic carbocycles. The Morgan fingerprint density at radius 3 is 2.49 bits per heavy atom. The van der Waals surface area contributed by atoms with Gasteiger partial charge in [0, 0.05) is 25.9 Å². The van der Waals surface area contributed by atoms with Gasteiger partial charge in [0.25, 0.3) is 11.5 Å². The van der Waals surface area contributed by atoms with Crippen LogP contribution in [0.2, 0.25) is 5.02 Å². The molecule has 1 aromatic heterocycles. The van der Waals surface area contributed by atoms with E-state index in [1.807, 2.05) is 43.5 Å². The molecule has 2 aromatic carbocycles. The Balaban J connectivity index is 1.39. The van der Waals surface area contributed by atoms with Gasteiger partial charge in [-0.05, 0) is 68.9 Å². The number of benzene rings is 2. The fraction of sp³-hybridized carbons (Fsp3) is 0.464. The third-order valence-corrected chi connectivity index (χ3v) is 8.13. The van der Waals surface area contributed by atoms with Crippen LogP contribution in [0.15, 0.2) is 41.2 Å². The Bertz CT molecular complexity index is 1500. The first-order valence-electron chi connectivity index (χ1n) is 12.6. The third kappa shape index (κ3) is 3.83. The van der Waals surface area contributed by atoms with E-state index < -0.39 is 22.5 Å². The van der Waals surface area contributed by atoms with E-state index in [9.17, 15) is 18.4 Å². The van der Waals surface area contributed by atoms with E-state index in [1.54, 1.807) is 23.1 Å². The van der Waals surface area contributed by atoms with Gasteiger partial charge in [0.1, 0.15) is 11.4 Å². The highest BCUT2D eigenvalue weighted by atomic mass is 35.5. The summed E-state index contributed by atoms with van der Waals surface area (Å²) in [6.45, 7) is 6.71. The summed E-state index contributed by atoms with van der Waals surface area (Å²) < 4.78 is 36.0. The van der Waals surface area contributed by atoms with Crippen molar-refractivity contribution in [2.45, 2.75) is 69.3 Å². The molecule has 6 nitrogen and oxygen atoms in total. The van der Waals surface area contributed by atoms with E-state index in [1.165, 1.54) is 0 Å². The molecule has 1 saturated carbocycles. The number of alkyl halides is 2. The maximum Gasteiger partial charge on any atom is 0.410 e. The molecule has 0 N–H and O–H groups in total. The summed E-state index contributed by atoms with van der Waals surface area (Å²) in [5.74, 6) is -2.24. The van der Waals surface area contributed by atoms with Gasteiger partial charge in [0.2, 0.25) is 0 Å². The zero-order valence-electron chi connectivity index (χ0n) is 21.0. The molecule has 194 valence electrons. The summed E-state index contributed by atoms with van der Waals surface area (Å²) in [6, 6.07) is 11.2. The molecule has 9 heteroatoms. The molecule has 3 aromatic rings. The second-order valence-electron chi connectivity index (χ2n) is 11.5. The van der Waals surface area contributed by atoms with Crippen molar-refractivity contribution in [3.63, 3.8) is 0 Å². The molecule has 2 aliphatic heterocycles. The van der Waals surface area contributed by atoms with Gasteiger partial charge in [-0.25, -0.2) is 13.6 Å². The van der Waals surface area contributed by atoms with Crippen LogP contribution in [0, 0.1) is 0 Å². The summed E-state index contributed by atoms with van der Waals surface area (Å²) in [7, 11) is 0. The molecule has 1 saturated heterocycles. The minimum absolute atomic E-state index is 0.203. The van der Waals surface area contributed by atoms with Gasteiger partial charge in [-0.1, -0.05) is 29.8 Å². The molecule has 0 atom stereocenters. The lowest BCUT2D eigenvalue weighted by Crippen LogP contribution is -2.50. The summed E-state index contributed by atoms with van der Waals surface area (Å²) in [5.41, 5.74) is 1.16. The second-order valence-corrected chi connectivity index (χ2v) is 11.9. The monoisotopic (exact) mass is 527 g/mol. The number of hydrogen-bond donors (Lipinski definition) is 0. The quantitative estimate of drug-likeness (QED) is 0.379. The first-order valence-corrected chi connectivity index (χ1v) is 13.0. The van der Waals surface area contributed by atoms with Gasteiger partial charge >= 0.3 is 6.09 Å². The highest BCUT2D eigenvalue weighted by Gasteiger charge is 2.63. The standard InChI is InChI=1S/C28H28ClF2N3O3/c1-26(2,3)37-25(36)33-11-9-16(10-12-33)17-7-8-18-21(13-17)34-20-6-4-5-19(29)22(20)23(35)32-24(34)27(18)14-28(30,31)15-27/h4-8,13,16H,9-12,14-15H2,1-3H3. The Labute approximate surface area is 218 Å². The van der Waals surface area contributed by atoms with E-state index in [2.05, 4.69) is 4.98 Å². The average molecular weight is 528 g/mol. The van der Waals surface area contributed by atoms with Crippen LogP contribution in [-0.2, 0) is 10.2 Å². The Morgan fingerprint density at radius 2 is 1.84 bits per heavy atom. The van der Waals surface area contributed by atoms with Gasteiger partial charge in [-0.15, -0.1) is 0 Å². The molecule has 6 rings (SSSR count). The minimum atomic E-state index is -2.80. The van der Waals surface area contributed by atoms with E-state index >= 15 is 0 Å². The number of halogens is 3. The number of fused-ring (bicyclic) bond motifs is 7. The van der Waals surface area contributed by atoms with Gasteiger partial charge < -0.3 is 9.64 Å². The lowest BCUT2D eigenvalue weighted by Gasteiger charge is -2.44. The van der Waals surface area contributed by atoms with Crippen LogP contribution in [0.1, 0.15) is 69.3 Å². The predicted octanol–water partition coefficient (Wildman–Crippen LogP) is 6.18. The summed E-state index contributed by atoms with van der Waals surface area (Å²) in [6.07, 6.45) is 0.477. The van der Waals surface area contributed by atoms with Crippen molar-refractivity contribution in [3.8, 4) is 5.69 Å². The largest absolute Gasteiger partial charge is 0.444 e. The molecule has 3 heterocycles. The number of aromatic nitrogens is 2. The Morgan fingerprint density at radius 1 is 1.14 bits per heavy atom. The fourth-order valence-corrected chi connectivity index (χ4v) is 6.46. The van der Waals surface area contributed by atoms with Crippen LogP contribution in [0.5, 0.6) is 0 Å². The molecule has 0 radical (unpaired) electrons. The van der Waals surface area contributed by atoms with Crippen molar-refractivity contribution < 1.29 is 18.3 Å². The van der Waals surface area contributed by atoms with Crippen molar-refractivity contribution in [2.24, 2.45) is 0 Å². The van der Waals surface area contributed by atoms with Crippen LogP contribution < -0.4 is 5.56 Å². The molecule has 2 fully saturated rings. The van der Waals surface area contributed by atoms with Gasteiger partial charge in [0.05, 0.1) is 27.0 Å². The van der Waals surface area contributed by atoms with E-state index in [0.29, 0.717) is 24.4 Å². The van der Waals surface area contributed by atoms with E-state index in [0.717, 1.165) is 29.7 Å². The van der Waals surface area contributed by atoms with Crippen molar-refractivity contribution >= 4 is 28.6 Å². The normalized spacial score (nSPS) is 20.0. The molecule has 0 unspecified atom stereocenters. The highest BCUT2D eigenvalue weighted by molar-refractivity contribution is 6.35. The van der Waals surface area contributed by atoms with E-state index in [4.69, 9.17) is 16.3 Å².